The third-order valence-corrected chi connectivity index (χ3v) is 4.03. The van der Waals surface area contributed by atoms with Crippen LogP contribution >= 0.6 is 0 Å². The average Bonchev–Trinajstić information content (AvgIpc) is 2.57. The predicted octanol–water partition coefficient (Wildman–Crippen LogP) is 3.07. The predicted molar refractivity (Wildman–Crippen MR) is 87.7 cm³/mol. The number of fused-ring (bicyclic) bond motifs is 1. The van der Waals surface area contributed by atoms with Crippen molar-refractivity contribution in [3.05, 3.63) is 86.1 Å². The third-order valence-electron chi connectivity index (χ3n) is 4.03. The second-order valence-corrected chi connectivity index (χ2v) is 5.45. The summed E-state index contributed by atoms with van der Waals surface area (Å²) in [5.74, 6) is 0. The number of nitro groups is 2. The molecule has 3 rings (SSSR count). The van der Waals surface area contributed by atoms with Gasteiger partial charge >= 0.3 is 0 Å². The van der Waals surface area contributed by atoms with E-state index in [9.17, 15) is 20.2 Å². The first-order valence-corrected chi connectivity index (χ1v) is 7.26. The SMILES string of the molecule is C[n+]1c(Cc2ccc([N+](=O)[O-])cc2[N+](=O)[O-])ccc2ccccc21. The van der Waals surface area contributed by atoms with E-state index in [1.54, 1.807) is 0 Å². The quantitative estimate of drug-likeness (QED) is 0.419. The van der Waals surface area contributed by atoms with Crippen LogP contribution in [0.1, 0.15) is 11.3 Å². The molecule has 0 aliphatic rings. The Morgan fingerprint density at radius 1 is 0.958 bits per heavy atom. The maximum Gasteiger partial charge on any atom is 0.280 e. The standard InChI is InChI=1S/C17H14N3O4/c1-18-14(8-6-12-4-2-3-5-16(12)18)10-13-7-9-15(19(21)22)11-17(13)20(23)24/h2-9,11H,10H2,1H3/q+1. The van der Waals surface area contributed by atoms with Crippen molar-refractivity contribution in [1.29, 1.82) is 0 Å². The summed E-state index contributed by atoms with van der Waals surface area (Å²) in [5.41, 5.74) is 1.81. The van der Waals surface area contributed by atoms with Crippen LogP contribution in [0.4, 0.5) is 11.4 Å². The first-order chi connectivity index (χ1) is 11.5. The lowest BCUT2D eigenvalue weighted by Gasteiger charge is -2.05. The lowest BCUT2D eigenvalue weighted by Crippen LogP contribution is -2.34. The van der Waals surface area contributed by atoms with Crippen LogP contribution in [0.3, 0.4) is 0 Å². The number of aryl methyl sites for hydroxylation is 1. The van der Waals surface area contributed by atoms with Crippen LogP contribution in [0.5, 0.6) is 0 Å². The molecule has 0 aliphatic carbocycles. The summed E-state index contributed by atoms with van der Waals surface area (Å²) >= 11 is 0. The molecule has 3 aromatic rings. The molecule has 0 bridgehead atoms. The number of benzene rings is 2. The van der Waals surface area contributed by atoms with Crippen molar-refractivity contribution in [2.24, 2.45) is 7.05 Å². The van der Waals surface area contributed by atoms with Crippen molar-refractivity contribution in [3.63, 3.8) is 0 Å². The van der Waals surface area contributed by atoms with Crippen molar-refractivity contribution in [1.82, 2.24) is 0 Å². The van der Waals surface area contributed by atoms with Gasteiger partial charge in [-0.05, 0) is 18.2 Å². The first kappa shape index (κ1) is 15.5. The minimum absolute atomic E-state index is 0.239. The summed E-state index contributed by atoms with van der Waals surface area (Å²) in [5, 5.41) is 23.2. The largest absolute Gasteiger partial charge is 0.280 e. The Kier molecular flexibility index (Phi) is 3.91. The molecule has 0 aliphatic heterocycles. The minimum atomic E-state index is -0.632. The molecule has 0 radical (unpaired) electrons. The van der Waals surface area contributed by atoms with Crippen LogP contribution in [0, 0.1) is 20.2 Å². The monoisotopic (exact) mass is 324 g/mol. The van der Waals surface area contributed by atoms with Crippen LogP contribution in [0.2, 0.25) is 0 Å². The van der Waals surface area contributed by atoms with E-state index < -0.39 is 9.85 Å². The number of nitro benzene ring substituents is 2. The fourth-order valence-electron chi connectivity index (χ4n) is 2.74. The molecule has 0 unspecified atom stereocenters. The first-order valence-electron chi connectivity index (χ1n) is 7.26. The Labute approximate surface area is 137 Å². The molecule has 24 heavy (non-hydrogen) atoms. The van der Waals surface area contributed by atoms with Gasteiger partial charge in [0, 0.05) is 29.1 Å². The van der Waals surface area contributed by atoms with E-state index in [-0.39, 0.29) is 11.4 Å². The molecule has 0 N–H and O–H groups in total. The van der Waals surface area contributed by atoms with Gasteiger partial charge in [-0.1, -0.05) is 12.1 Å². The molecule has 1 heterocycles. The van der Waals surface area contributed by atoms with Crippen LogP contribution < -0.4 is 4.57 Å². The van der Waals surface area contributed by atoms with Gasteiger partial charge in [0.15, 0.2) is 5.69 Å². The number of para-hydroxylation sites is 1. The summed E-state index contributed by atoms with van der Waals surface area (Å²) in [7, 11) is 1.90. The highest BCUT2D eigenvalue weighted by molar-refractivity contribution is 5.75. The van der Waals surface area contributed by atoms with Gasteiger partial charge in [-0.25, -0.2) is 0 Å². The second kappa shape index (κ2) is 6.04. The highest BCUT2D eigenvalue weighted by Crippen LogP contribution is 2.26. The molecule has 7 nitrogen and oxygen atoms in total. The van der Waals surface area contributed by atoms with Crippen LogP contribution in [-0.2, 0) is 13.5 Å². The molecular formula is C17H14N3O4+. The Morgan fingerprint density at radius 3 is 2.42 bits per heavy atom. The van der Waals surface area contributed by atoms with Gasteiger partial charge in [0.05, 0.1) is 22.3 Å². The number of aromatic nitrogens is 1. The van der Waals surface area contributed by atoms with E-state index in [1.807, 2.05) is 48.0 Å². The van der Waals surface area contributed by atoms with Crippen LogP contribution in [0.15, 0.2) is 54.6 Å². The van der Waals surface area contributed by atoms with E-state index in [0.29, 0.717) is 12.0 Å². The Morgan fingerprint density at radius 2 is 1.71 bits per heavy atom. The van der Waals surface area contributed by atoms with Crippen molar-refractivity contribution in [3.8, 4) is 0 Å². The summed E-state index contributed by atoms with van der Waals surface area (Å²) in [6.07, 6.45) is 0.315. The zero-order valence-electron chi connectivity index (χ0n) is 12.9. The fourth-order valence-corrected chi connectivity index (χ4v) is 2.74. The molecule has 0 fully saturated rings. The van der Waals surface area contributed by atoms with Crippen molar-refractivity contribution >= 4 is 22.3 Å². The fraction of sp³-hybridized carbons (Fsp3) is 0.118. The van der Waals surface area contributed by atoms with Gasteiger partial charge in [-0.2, -0.15) is 4.57 Å². The van der Waals surface area contributed by atoms with Crippen LogP contribution in [0.25, 0.3) is 10.9 Å². The van der Waals surface area contributed by atoms with Gasteiger partial charge in [0.1, 0.15) is 7.05 Å². The summed E-state index contributed by atoms with van der Waals surface area (Å²) in [6, 6.07) is 15.5. The summed E-state index contributed by atoms with van der Waals surface area (Å²) in [6.45, 7) is 0. The number of nitrogens with zero attached hydrogens (tertiary/aromatic N) is 3. The Balaban J connectivity index is 2.07. The number of rotatable bonds is 4. The minimum Gasteiger partial charge on any atom is -0.258 e. The van der Waals surface area contributed by atoms with Crippen molar-refractivity contribution < 1.29 is 14.4 Å². The molecule has 0 spiro atoms. The highest BCUT2D eigenvalue weighted by atomic mass is 16.6. The molecule has 2 aromatic carbocycles. The summed E-state index contributed by atoms with van der Waals surface area (Å²) < 4.78 is 1.97. The molecule has 0 amide bonds. The molecule has 0 saturated heterocycles. The maximum absolute atomic E-state index is 11.3. The summed E-state index contributed by atoms with van der Waals surface area (Å²) in [4.78, 5) is 20.9. The van der Waals surface area contributed by atoms with E-state index in [1.165, 1.54) is 12.1 Å². The van der Waals surface area contributed by atoms with Gasteiger partial charge in [0.25, 0.3) is 11.4 Å². The lowest BCUT2D eigenvalue weighted by atomic mass is 10.0. The van der Waals surface area contributed by atoms with Gasteiger partial charge < -0.3 is 0 Å². The van der Waals surface area contributed by atoms with Crippen molar-refractivity contribution in [2.45, 2.75) is 6.42 Å². The highest BCUT2D eigenvalue weighted by Gasteiger charge is 2.22. The van der Waals surface area contributed by atoms with E-state index in [0.717, 1.165) is 22.7 Å². The zero-order chi connectivity index (χ0) is 17.3. The van der Waals surface area contributed by atoms with Gasteiger partial charge in [-0.15, -0.1) is 0 Å². The van der Waals surface area contributed by atoms with Crippen LogP contribution in [-0.4, -0.2) is 9.85 Å². The smallest absolute Gasteiger partial charge is 0.258 e. The topological polar surface area (TPSA) is 90.2 Å². The van der Waals surface area contributed by atoms with Gasteiger partial charge in [-0.3, -0.25) is 20.2 Å². The molecule has 0 atom stereocenters. The number of non-ortho nitro benzene ring substituents is 1. The molecule has 120 valence electrons. The maximum atomic E-state index is 11.3. The van der Waals surface area contributed by atoms with Crippen molar-refractivity contribution in [2.75, 3.05) is 0 Å². The molecule has 0 saturated carbocycles. The van der Waals surface area contributed by atoms with E-state index >= 15 is 0 Å². The van der Waals surface area contributed by atoms with Gasteiger partial charge in [0.2, 0.25) is 5.52 Å². The number of pyridine rings is 1. The lowest BCUT2D eigenvalue weighted by molar-refractivity contribution is -0.652. The second-order valence-electron chi connectivity index (χ2n) is 5.45. The zero-order valence-corrected chi connectivity index (χ0v) is 12.9. The average molecular weight is 324 g/mol. The molecule has 1 aromatic heterocycles. The normalized spacial score (nSPS) is 10.7. The molecular weight excluding hydrogens is 310 g/mol. The molecule has 7 heteroatoms. The Bertz CT molecular complexity index is 969. The number of hydrogen-bond donors (Lipinski definition) is 0. The van der Waals surface area contributed by atoms with E-state index in [4.69, 9.17) is 0 Å². The van der Waals surface area contributed by atoms with E-state index in [2.05, 4.69) is 0 Å². The Hall–Kier alpha value is -3.35. The number of hydrogen-bond acceptors (Lipinski definition) is 4. The third kappa shape index (κ3) is 2.79.